The fraction of sp³-hybridized carbons (Fsp3) is 0.522. The maximum atomic E-state index is 13.3. The highest BCUT2D eigenvalue weighted by molar-refractivity contribution is 5.76. The second kappa shape index (κ2) is 11.2. The number of nitrogens with zero attached hydrogens (tertiary/aromatic N) is 2. The topological polar surface area (TPSA) is 132 Å². The molecule has 2 heterocycles. The highest BCUT2D eigenvalue weighted by Crippen LogP contribution is 2.40. The Morgan fingerprint density at radius 1 is 1.31 bits per heavy atom. The van der Waals surface area contributed by atoms with Gasteiger partial charge in [0.1, 0.15) is 17.5 Å². The standard InChI is InChI=1S/C23H30F3N5O4/c1-4-35-22(33)17-6-5-15(10-28-17)29-21-16(9-27)12(2)20(30-31-21)19-13(11-34-3)7-14(8-18(19)32)23(24,25)26/h7-8,15,17,28,32H,4-6,9-11,27H2,1-3H3,(H,29,31)/t15-,17+/m1/s1. The first-order valence-corrected chi connectivity index (χ1v) is 11.3. The van der Waals surface area contributed by atoms with Crippen LogP contribution in [0.3, 0.4) is 0 Å². The van der Waals surface area contributed by atoms with Crippen LogP contribution in [0.1, 0.15) is 42.0 Å². The average molecular weight is 498 g/mol. The van der Waals surface area contributed by atoms with Crippen LogP contribution in [0.4, 0.5) is 19.0 Å². The van der Waals surface area contributed by atoms with Crippen LogP contribution in [0.5, 0.6) is 5.75 Å². The number of piperidine rings is 1. The third kappa shape index (κ3) is 6.00. The van der Waals surface area contributed by atoms with Crippen molar-refractivity contribution in [3.05, 3.63) is 34.4 Å². The lowest BCUT2D eigenvalue weighted by molar-refractivity contribution is -0.146. The molecule has 0 bridgehead atoms. The van der Waals surface area contributed by atoms with E-state index in [0.29, 0.717) is 49.0 Å². The van der Waals surface area contributed by atoms with E-state index in [1.54, 1.807) is 13.8 Å². The largest absolute Gasteiger partial charge is 0.507 e. The molecular weight excluding hydrogens is 467 g/mol. The fourth-order valence-electron chi connectivity index (χ4n) is 4.17. The number of aromatic nitrogens is 2. The molecule has 1 saturated heterocycles. The van der Waals surface area contributed by atoms with Crippen LogP contribution in [-0.2, 0) is 33.6 Å². The van der Waals surface area contributed by atoms with Gasteiger partial charge in [0.05, 0.1) is 18.8 Å². The van der Waals surface area contributed by atoms with E-state index in [1.807, 2.05) is 0 Å². The maximum Gasteiger partial charge on any atom is 0.416 e. The molecule has 12 heteroatoms. The van der Waals surface area contributed by atoms with E-state index < -0.39 is 17.5 Å². The number of hydrogen-bond acceptors (Lipinski definition) is 9. The third-order valence-electron chi connectivity index (χ3n) is 5.94. The van der Waals surface area contributed by atoms with Crippen molar-refractivity contribution in [3.8, 4) is 17.0 Å². The summed E-state index contributed by atoms with van der Waals surface area (Å²) in [4.78, 5) is 11.9. The first-order valence-electron chi connectivity index (χ1n) is 11.3. The van der Waals surface area contributed by atoms with E-state index in [4.69, 9.17) is 15.2 Å². The normalized spacial score (nSPS) is 18.4. The lowest BCUT2D eigenvalue weighted by Gasteiger charge is -2.30. The number of nitrogens with one attached hydrogen (secondary N) is 2. The van der Waals surface area contributed by atoms with Crippen molar-refractivity contribution in [3.63, 3.8) is 0 Å². The summed E-state index contributed by atoms with van der Waals surface area (Å²) in [5.41, 5.74) is 6.66. The van der Waals surface area contributed by atoms with Gasteiger partial charge in [0.2, 0.25) is 0 Å². The number of aromatic hydroxyl groups is 1. The molecule has 5 N–H and O–H groups in total. The van der Waals surface area contributed by atoms with Gasteiger partial charge in [-0.05, 0) is 49.9 Å². The summed E-state index contributed by atoms with van der Waals surface area (Å²) < 4.78 is 49.9. The summed E-state index contributed by atoms with van der Waals surface area (Å²) in [5, 5.41) is 25.4. The number of phenols is 1. The highest BCUT2D eigenvalue weighted by atomic mass is 19.4. The zero-order valence-corrected chi connectivity index (χ0v) is 19.8. The Morgan fingerprint density at radius 3 is 2.63 bits per heavy atom. The molecule has 9 nitrogen and oxygen atoms in total. The SMILES string of the molecule is CCOC(=O)[C@@H]1CC[C@@H](Nc2nnc(-c3c(O)cc(C(F)(F)F)cc3COC)c(C)c2CN)CN1. The predicted octanol–water partition coefficient (Wildman–Crippen LogP) is 2.88. The van der Waals surface area contributed by atoms with Gasteiger partial charge in [-0.1, -0.05) is 0 Å². The van der Waals surface area contributed by atoms with E-state index in [9.17, 15) is 23.1 Å². The van der Waals surface area contributed by atoms with Crippen LogP contribution >= 0.6 is 0 Å². The molecular formula is C23H30F3N5O4. The first-order chi connectivity index (χ1) is 16.6. The van der Waals surface area contributed by atoms with Gasteiger partial charge in [0, 0.05) is 37.4 Å². The van der Waals surface area contributed by atoms with Crippen molar-refractivity contribution in [2.75, 3.05) is 25.6 Å². The van der Waals surface area contributed by atoms with Crippen LogP contribution in [0.15, 0.2) is 12.1 Å². The number of nitrogens with two attached hydrogens (primary N) is 1. The van der Waals surface area contributed by atoms with Crippen molar-refractivity contribution in [2.45, 2.75) is 58.1 Å². The molecule has 0 amide bonds. The zero-order chi connectivity index (χ0) is 25.8. The van der Waals surface area contributed by atoms with Crippen molar-refractivity contribution in [1.29, 1.82) is 0 Å². The fourth-order valence-corrected chi connectivity index (χ4v) is 4.17. The van der Waals surface area contributed by atoms with E-state index in [-0.39, 0.29) is 48.0 Å². The van der Waals surface area contributed by atoms with Gasteiger partial charge >= 0.3 is 12.1 Å². The molecule has 1 aromatic heterocycles. The number of hydrogen-bond donors (Lipinski definition) is 4. The summed E-state index contributed by atoms with van der Waals surface area (Å²) in [7, 11) is 1.35. The number of benzene rings is 1. The van der Waals surface area contributed by atoms with Crippen molar-refractivity contribution >= 4 is 11.8 Å². The molecule has 0 saturated carbocycles. The summed E-state index contributed by atoms with van der Waals surface area (Å²) >= 11 is 0. The third-order valence-corrected chi connectivity index (χ3v) is 5.94. The van der Waals surface area contributed by atoms with Crippen molar-refractivity contribution in [1.82, 2.24) is 15.5 Å². The molecule has 0 spiro atoms. The average Bonchev–Trinajstić information content (AvgIpc) is 2.80. The summed E-state index contributed by atoms with van der Waals surface area (Å²) in [5.74, 6) is -0.416. The Hall–Kier alpha value is -2.96. The summed E-state index contributed by atoms with van der Waals surface area (Å²) in [6, 6.07) is 1.19. The maximum absolute atomic E-state index is 13.3. The van der Waals surface area contributed by atoms with Gasteiger partial charge < -0.3 is 30.9 Å². The minimum absolute atomic E-state index is 0.0472. The number of alkyl halides is 3. The predicted molar refractivity (Wildman–Crippen MR) is 123 cm³/mol. The number of esters is 1. The Labute approximate surface area is 201 Å². The summed E-state index contributed by atoms with van der Waals surface area (Å²) in [6.45, 7) is 4.21. The van der Waals surface area contributed by atoms with Gasteiger partial charge in [0.15, 0.2) is 5.82 Å². The number of rotatable bonds is 8. The van der Waals surface area contributed by atoms with E-state index in [1.165, 1.54) is 7.11 Å². The van der Waals surface area contributed by atoms with Crippen LogP contribution in [0.25, 0.3) is 11.3 Å². The molecule has 1 aliphatic heterocycles. The number of phenolic OH excluding ortho intramolecular Hbond substituents is 1. The summed E-state index contributed by atoms with van der Waals surface area (Å²) in [6.07, 6.45) is -3.37. The monoisotopic (exact) mass is 497 g/mol. The molecule has 35 heavy (non-hydrogen) atoms. The lowest BCUT2D eigenvalue weighted by atomic mass is 9.95. The molecule has 1 aromatic carbocycles. The Kier molecular flexibility index (Phi) is 8.51. The minimum atomic E-state index is -4.63. The van der Waals surface area contributed by atoms with E-state index in [2.05, 4.69) is 20.8 Å². The molecule has 2 atom stereocenters. The smallest absolute Gasteiger partial charge is 0.416 e. The van der Waals surface area contributed by atoms with Crippen LogP contribution in [0, 0.1) is 6.92 Å². The van der Waals surface area contributed by atoms with Crippen LogP contribution in [-0.4, -0.2) is 53.6 Å². The molecule has 192 valence electrons. The number of halogens is 3. The zero-order valence-electron chi connectivity index (χ0n) is 19.8. The molecule has 0 radical (unpaired) electrons. The van der Waals surface area contributed by atoms with Gasteiger partial charge in [-0.2, -0.15) is 13.2 Å². The van der Waals surface area contributed by atoms with Crippen molar-refractivity contribution in [2.24, 2.45) is 5.73 Å². The highest BCUT2D eigenvalue weighted by Gasteiger charge is 2.33. The van der Waals surface area contributed by atoms with Crippen molar-refractivity contribution < 1.29 is 32.5 Å². The van der Waals surface area contributed by atoms with Gasteiger partial charge in [-0.15, -0.1) is 10.2 Å². The first kappa shape index (κ1) is 26.6. The van der Waals surface area contributed by atoms with Gasteiger partial charge in [-0.3, -0.25) is 4.79 Å². The second-order valence-electron chi connectivity index (χ2n) is 8.30. The minimum Gasteiger partial charge on any atom is -0.507 e. The van der Waals surface area contributed by atoms with Crippen LogP contribution in [0.2, 0.25) is 0 Å². The lowest BCUT2D eigenvalue weighted by Crippen LogP contribution is -2.49. The number of anilines is 1. The molecule has 1 aliphatic rings. The van der Waals surface area contributed by atoms with Gasteiger partial charge in [-0.25, -0.2) is 0 Å². The number of ether oxygens (including phenoxy) is 2. The molecule has 0 unspecified atom stereocenters. The Morgan fingerprint density at radius 2 is 2.06 bits per heavy atom. The molecule has 2 aromatic rings. The van der Waals surface area contributed by atoms with E-state index >= 15 is 0 Å². The quantitative estimate of drug-likeness (QED) is 0.407. The Balaban J connectivity index is 1.89. The van der Waals surface area contributed by atoms with Crippen LogP contribution < -0.4 is 16.4 Å². The number of carbonyl (C=O) groups excluding carboxylic acids is 1. The Bertz CT molecular complexity index is 1060. The number of methoxy groups -OCH3 is 1. The molecule has 0 aliphatic carbocycles. The van der Waals surface area contributed by atoms with Gasteiger partial charge in [0.25, 0.3) is 0 Å². The number of carbonyl (C=O) groups is 1. The van der Waals surface area contributed by atoms with E-state index in [0.717, 1.165) is 6.07 Å². The second-order valence-corrected chi connectivity index (χ2v) is 8.30. The molecule has 1 fully saturated rings. The molecule has 3 rings (SSSR count).